The molecule has 0 bridgehead atoms. The first kappa shape index (κ1) is 16.0. The fraction of sp³-hybridized carbons (Fsp3) is 0.667. The highest BCUT2D eigenvalue weighted by Crippen LogP contribution is 2.12. The van der Waals surface area contributed by atoms with Crippen molar-refractivity contribution in [2.45, 2.75) is 53.9 Å². The zero-order chi connectivity index (χ0) is 13.3. The molecule has 0 heterocycles. The molecule has 0 amide bonds. The minimum Gasteiger partial charge on any atom is -0.462 e. The van der Waals surface area contributed by atoms with E-state index in [1.54, 1.807) is 13.0 Å². The van der Waals surface area contributed by atoms with Crippen LogP contribution in [0.2, 0.25) is 0 Å². The summed E-state index contributed by atoms with van der Waals surface area (Å²) in [6.07, 6.45) is 7.25. The average molecular weight is 238 g/mol. The third kappa shape index (κ3) is 8.73. The molecule has 0 rings (SSSR count). The lowest BCUT2D eigenvalue weighted by Gasteiger charge is -2.10. The molecule has 0 radical (unpaired) electrons. The molecular weight excluding hydrogens is 212 g/mol. The van der Waals surface area contributed by atoms with Crippen LogP contribution < -0.4 is 0 Å². The fourth-order valence-electron chi connectivity index (χ4n) is 1.39. The second-order valence-electron chi connectivity index (χ2n) is 4.86. The Morgan fingerprint density at radius 1 is 1.24 bits per heavy atom. The Balaban J connectivity index is 3.68. The van der Waals surface area contributed by atoms with E-state index in [-0.39, 0.29) is 5.97 Å². The number of rotatable bonds is 7. The van der Waals surface area contributed by atoms with Crippen LogP contribution >= 0.6 is 0 Å². The molecule has 0 fully saturated rings. The Morgan fingerprint density at radius 2 is 1.88 bits per heavy atom. The van der Waals surface area contributed by atoms with Crippen molar-refractivity contribution in [3.05, 3.63) is 23.3 Å². The molecule has 17 heavy (non-hydrogen) atoms. The molecule has 0 aliphatic carbocycles. The van der Waals surface area contributed by atoms with Gasteiger partial charge in [-0.3, -0.25) is 0 Å². The summed E-state index contributed by atoms with van der Waals surface area (Å²) in [4.78, 5) is 11.4. The summed E-state index contributed by atoms with van der Waals surface area (Å²) in [6, 6.07) is 0. The van der Waals surface area contributed by atoms with Crippen molar-refractivity contribution in [3.63, 3.8) is 0 Å². The van der Waals surface area contributed by atoms with Crippen LogP contribution in [0.4, 0.5) is 0 Å². The molecule has 0 unspecified atom stereocenters. The van der Waals surface area contributed by atoms with Crippen LogP contribution in [0.1, 0.15) is 53.9 Å². The van der Waals surface area contributed by atoms with E-state index in [0.29, 0.717) is 18.1 Å². The van der Waals surface area contributed by atoms with Crippen LogP contribution in [-0.2, 0) is 9.53 Å². The number of carbonyl (C=O) groups is 1. The Morgan fingerprint density at radius 3 is 2.41 bits per heavy atom. The summed E-state index contributed by atoms with van der Waals surface area (Å²) in [5, 5.41) is 0. The normalized spacial score (nSPS) is 13.1. The lowest BCUT2D eigenvalue weighted by atomic mass is 10.0. The average Bonchev–Trinajstić information content (AvgIpc) is 2.27. The maximum absolute atomic E-state index is 11.4. The summed E-state index contributed by atoms with van der Waals surface area (Å²) in [7, 11) is 0. The summed E-state index contributed by atoms with van der Waals surface area (Å²) in [5.74, 6) is 0.410. The van der Waals surface area contributed by atoms with E-state index in [1.807, 2.05) is 6.92 Å². The van der Waals surface area contributed by atoms with Crippen molar-refractivity contribution < 1.29 is 9.53 Å². The van der Waals surface area contributed by atoms with Crippen molar-refractivity contribution in [2.75, 3.05) is 6.61 Å². The highest BCUT2D eigenvalue weighted by Gasteiger charge is 2.06. The van der Waals surface area contributed by atoms with E-state index in [0.717, 1.165) is 19.3 Å². The SMILES string of the molecule is C/C=C(\C)C(=O)OCC[C@H](C)CCC=C(C)C. The molecule has 2 nitrogen and oxygen atoms in total. The van der Waals surface area contributed by atoms with Crippen molar-refractivity contribution >= 4 is 5.97 Å². The highest BCUT2D eigenvalue weighted by atomic mass is 16.5. The third-order valence-corrected chi connectivity index (χ3v) is 2.81. The largest absolute Gasteiger partial charge is 0.462 e. The standard InChI is InChI=1S/C15H26O2/c1-6-14(5)15(16)17-11-10-13(4)9-7-8-12(2)3/h6,8,13H,7,9-11H2,1-5H3/b14-6+/t13-/m1/s1. The predicted octanol–water partition coefficient (Wildman–Crippen LogP) is 4.27. The number of hydrogen-bond donors (Lipinski definition) is 0. The summed E-state index contributed by atoms with van der Waals surface area (Å²) >= 11 is 0. The first-order chi connectivity index (χ1) is 7.97. The molecule has 0 N–H and O–H groups in total. The molecule has 0 aromatic heterocycles. The summed E-state index contributed by atoms with van der Waals surface area (Å²) < 4.78 is 5.17. The zero-order valence-corrected chi connectivity index (χ0v) is 11.9. The second-order valence-corrected chi connectivity index (χ2v) is 4.86. The lowest BCUT2D eigenvalue weighted by molar-refractivity contribution is -0.139. The smallest absolute Gasteiger partial charge is 0.333 e. The number of hydrogen-bond acceptors (Lipinski definition) is 2. The Kier molecular flexibility index (Phi) is 8.47. The first-order valence-electron chi connectivity index (χ1n) is 6.40. The van der Waals surface area contributed by atoms with E-state index in [1.165, 1.54) is 5.57 Å². The molecule has 2 heteroatoms. The summed E-state index contributed by atoms with van der Waals surface area (Å²) in [6.45, 7) is 10.6. The van der Waals surface area contributed by atoms with Crippen LogP contribution in [0.15, 0.2) is 23.3 Å². The Bertz CT molecular complexity index is 283. The molecule has 0 aliphatic heterocycles. The molecule has 0 saturated carbocycles. The maximum Gasteiger partial charge on any atom is 0.333 e. The topological polar surface area (TPSA) is 26.3 Å². The molecular formula is C15H26O2. The molecule has 1 atom stereocenters. The number of ether oxygens (including phenoxy) is 1. The van der Waals surface area contributed by atoms with Crippen LogP contribution in [0, 0.1) is 5.92 Å². The van der Waals surface area contributed by atoms with E-state index < -0.39 is 0 Å². The highest BCUT2D eigenvalue weighted by molar-refractivity contribution is 5.87. The number of esters is 1. The van der Waals surface area contributed by atoms with Gasteiger partial charge in [0.05, 0.1) is 6.61 Å². The Labute approximate surface area is 106 Å². The van der Waals surface area contributed by atoms with Gasteiger partial charge < -0.3 is 4.74 Å². The van der Waals surface area contributed by atoms with E-state index in [9.17, 15) is 4.79 Å². The van der Waals surface area contributed by atoms with E-state index >= 15 is 0 Å². The van der Waals surface area contributed by atoms with Gasteiger partial charge in [0.2, 0.25) is 0 Å². The van der Waals surface area contributed by atoms with Crippen LogP contribution in [0.3, 0.4) is 0 Å². The van der Waals surface area contributed by atoms with Crippen molar-refractivity contribution in [1.82, 2.24) is 0 Å². The van der Waals surface area contributed by atoms with Crippen molar-refractivity contribution in [1.29, 1.82) is 0 Å². The minimum atomic E-state index is -0.191. The summed E-state index contributed by atoms with van der Waals surface area (Å²) in [5.41, 5.74) is 2.05. The van der Waals surface area contributed by atoms with Crippen molar-refractivity contribution in [3.8, 4) is 0 Å². The van der Waals surface area contributed by atoms with Gasteiger partial charge in [0.25, 0.3) is 0 Å². The van der Waals surface area contributed by atoms with Gasteiger partial charge in [0.1, 0.15) is 0 Å². The van der Waals surface area contributed by atoms with Gasteiger partial charge in [-0.05, 0) is 52.9 Å². The van der Waals surface area contributed by atoms with Crippen LogP contribution in [0.25, 0.3) is 0 Å². The number of allylic oxidation sites excluding steroid dienone is 3. The predicted molar refractivity (Wildman–Crippen MR) is 72.8 cm³/mol. The molecule has 98 valence electrons. The van der Waals surface area contributed by atoms with Gasteiger partial charge >= 0.3 is 5.97 Å². The van der Waals surface area contributed by atoms with Gasteiger partial charge in [-0.2, -0.15) is 0 Å². The van der Waals surface area contributed by atoms with E-state index in [4.69, 9.17) is 4.74 Å². The quantitative estimate of drug-likeness (QED) is 0.376. The lowest BCUT2D eigenvalue weighted by Crippen LogP contribution is -2.09. The molecule has 0 aromatic rings. The molecule has 0 saturated heterocycles. The maximum atomic E-state index is 11.4. The minimum absolute atomic E-state index is 0.191. The zero-order valence-electron chi connectivity index (χ0n) is 11.9. The van der Waals surface area contributed by atoms with Gasteiger partial charge in [0.15, 0.2) is 0 Å². The van der Waals surface area contributed by atoms with Crippen LogP contribution in [-0.4, -0.2) is 12.6 Å². The molecule has 0 aliphatic rings. The molecule has 0 aromatic carbocycles. The monoisotopic (exact) mass is 238 g/mol. The Hall–Kier alpha value is -1.05. The molecule has 0 spiro atoms. The first-order valence-corrected chi connectivity index (χ1v) is 6.40. The van der Waals surface area contributed by atoms with Crippen molar-refractivity contribution in [2.24, 2.45) is 5.92 Å². The fourth-order valence-corrected chi connectivity index (χ4v) is 1.39. The second kappa shape index (κ2) is 9.03. The van der Waals surface area contributed by atoms with Crippen LogP contribution in [0.5, 0.6) is 0 Å². The number of carbonyl (C=O) groups excluding carboxylic acids is 1. The third-order valence-electron chi connectivity index (χ3n) is 2.81. The van der Waals surface area contributed by atoms with Gasteiger partial charge in [-0.1, -0.05) is 24.6 Å². The van der Waals surface area contributed by atoms with Gasteiger partial charge in [0, 0.05) is 5.57 Å². The van der Waals surface area contributed by atoms with Gasteiger partial charge in [-0.25, -0.2) is 4.79 Å². The van der Waals surface area contributed by atoms with E-state index in [2.05, 4.69) is 26.8 Å². The van der Waals surface area contributed by atoms with Gasteiger partial charge in [-0.15, -0.1) is 0 Å².